The molecule has 0 atom stereocenters. The molecule has 4 heteroatoms. The molecule has 1 aliphatic heterocycles. The SMILES string of the molecule is C1=Cc2c(n(-c3ccc(-n4c5ccc6ccccc6c5c5cc6c7ccccc7n7c8ccccc8c(c54)c67)cc3)c3ccccc23)NC1. The van der Waals surface area contributed by atoms with Crippen LogP contribution in [0.5, 0.6) is 0 Å². The van der Waals surface area contributed by atoms with Crippen LogP contribution in [0.1, 0.15) is 5.56 Å². The van der Waals surface area contributed by atoms with Crippen molar-refractivity contribution in [2.24, 2.45) is 0 Å². The Morgan fingerprint density at radius 1 is 0.449 bits per heavy atom. The van der Waals surface area contributed by atoms with Crippen LogP contribution in [0.2, 0.25) is 0 Å². The Balaban J connectivity index is 1.23. The van der Waals surface area contributed by atoms with Crippen LogP contribution in [0.3, 0.4) is 0 Å². The van der Waals surface area contributed by atoms with Gasteiger partial charge in [0.25, 0.3) is 0 Å². The summed E-state index contributed by atoms with van der Waals surface area (Å²) in [6.07, 6.45) is 4.45. The van der Waals surface area contributed by atoms with Gasteiger partial charge in [0.05, 0.1) is 33.1 Å². The van der Waals surface area contributed by atoms with Crippen LogP contribution in [0.15, 0.2) is 146 Å². The van der Waals surface area contributed by atoms with Crippen molar-refractivity contribution in [3.05, 3.63) is 151 Å². The van der Waals surface area contributed by atoms with E-state index in [1.807, 2.05) is 0 Å². The van der Waals surface area contributed by atoms with Crippen LogP contribution < -0.4 is 5.32 Å². The molecule has 228 valence electrons. The Bertz CT molecular complexity index is 3200. The number of nitrogens with one attached hydrogen (secondary N) is 1. The Morgan fingerprint density at radius 3 is 1.92 bits per heavy atom. The third-order valence-electron chi connectivity index (χ3n) is 10.9. The predicted molar refractivity (Wildman–Crippen MR) is 207 cm³/mol. The lowest BCUT2D eigenvalue weighted by Crippen LogP contribution is -2.08. The standard InChI is InChI=1S/C45H28N4/c1-2-11-30-27(10-1)19-24-40-41(30)36-26-35-32-13-4-7-17-38(32)49-39-18-8-5-14-34(39)42(43(35)49)44(36)47(40)28-20-22-29(23-21-28)48-37-16-6-3-12-31(37)33-15-9-25-46-45(33)48/h1-24,26,46H,25H2. The predicted octanol–water partition coefficient (Wildman–Crippen LogP) is 11.5. The summed E-state index contributed by atoms with van der Waals surface area (Å²) in [5.41, 5.74) is 11.0. The molecule has 1 aliphatic rings. The molecule has 4 aromatic heterocycles. The van der Waals surface area contributed by atoms with Gasteiger partial charge in [-0.15, -0.1) is 0 Å². The summed E-state index contributed by atoms with van der Waals surface area (Å²) in [4.78, 5) is 0. The molecule has 5 heterocycles. The minimum atomic E-state index is 0.826. The molecule has 0 unspecified atom stereocenters. The second-order valence-corrected chi connectivity index (χ2v) is 13.3. The van der Waals surface area contributed by atoms with E-state index >= 15 is 0 Å². The molecule has 0 radical (unpaired) electrons. The van der Waals surface area contributed by atoms with Crippen molar-refractivity contribution in [1.29, 1.82) is 0 Å². The molecule has 12 rings (SSSR count). The summed E-state index contributed by atoms with van der Waals surface area (Å²) in [6, 6.07) is 51.6. The smallest absolute Gasteiger partial charge is 0.119 e. The summed E-state index contributed by atoms with van der Waals surface area (Å²) in [6.45, 7) is 0.826. The maximum absolute atomic E-state index is 3.65. The Labute approximate surface area is 280 Å². The van der Waals surface area contributed by atoms with E-state index in [9.17, 15) is 0 Å². The van der Waals surface area contributed by atoms with E-state index in [0.717, 1.165) is 23.7 Å². The van der Waals surface area contributed by atoms with Crippen LogP contribution in [0, 0.1) is 0 Å². The zero-order valence-electron chi connectivity index (χ0n) is 26.5. The van der Waals surface area contributed by atoms with Gasteiger partial charge in [-0.1, -0.05) is 97.1 Å². The van der Waals surface area contributed by atoms with Crippen LogP contribution in [-0.4, -0.2) is 20.1 Å². The maximum atomic E-state index is 3.65. The molecule has 7 aromatic carbocycles. The largest absolute Gasteiger partial charge is 0.367 e. The number of nitrogens with zero attached hydrogens (tertiary/aromatic N) is 3. The summed E-state index contributed by atoms with van der Waals surface area (Å²) in [7, 11) is 0. The van der Waals surface area contributed by atoms with E-state index in [4.69, 9.17) is 0 Å². The highest BCUT2D eigenvalue weighted by Gasteiger charge is 2.25. The summed E-state index contributed by atoms with van der Waals surface area (Å²) < 4.78 is 7.37. The summed E-state index contributed by atoms with van der Waals surface area (Å²) in [5, 5.41) is 15.3. The number of para-hydroxylation sites is 3. The van der Waals surface area contributed by atoms with E-state index in [0.29, 0.717) is 0 Å². The van der Waals surface area contributed by atoms with E-state index < -0.39 is 0 Å². The average molecular weight is 625 g/mol. The average Bonchev–Trinajstić information content (AvgIpc) is 3.89. The first-order valence-electron chi connectivity index (χ1n) is 17.0. The van der Waals surface area contributed by atoms with Gasteiger partial charge < -0.3 is 14.3 Å². The van der Waals surface area contributed by atoms with Gasteiger partial charge in [0.1, 0.15) is 5.82 Å². The molecule has 0 saturated carbocycles. The lowest BCUT2D eigenvalue weighted by Gasteiger charge is -2.16. The fraction of sp³-hybridized carbons (Fsp3) is 0.0222. The molecule has 0 saturated heterocycles. The van der Waals surface area contributed by atoms with Gasteiger partial charge in [-0.3, -0.25) is 4.57 Å². The molecule has 0 amide bonds. The van der Waals surface area contributed by atoms with E-state index in [1.54, 1.807) is 0 Å². The summed E-state index contributed by atoms with van der Waals surface area (Å²) in [5.74, 6) is 1.15. The van der Waals surface area contributed by atoms with Crippen molar-refractivity contribution in [2.75, 3.05) is 11.9 Å². The lowest BCUT2D eigenvalue weighted by atomic mass is 10.0. The number of aromatic nitrogens is 3. The number of benzene rings is 7. The van der Waals surface area contributed by atoms with Crippen molar-refractivity contribution in [1.82, 2.24) is 13.5 Å². The molecule has 11 aromatic rings. The van der Waals surface area contributed by atoms with Gasteiger partial charge in [-0.05, 0) is 65.4 Å². The first kappa shape index (κ1) is 25.6. The first-order chi connectivity index (χ1) is 24.3. The van der Waals surface area contributed by atoms with Crippen molar-refractivity contribution in [3.63, 3.8) is 0 Å². The quantitative estimate of drug-likeness (QED) is 0.203. The molecule has 0 spiro atoms. The zero-order valence-corrected chi connectivity index (χ0v) is 26.5. The van der Waals surface area contributed by atoms with Gasteiger partial charge in [0, 0.05) is 61.2 Å². The third-order valence-corrected chi connectivity index (χ3v) is 10.9. The molecule has 0 aliphatic carbocycles. The highest BCUT2D eigenvalue weighted by molar-refractivity contribution is 6.36. The highest BCUT2D eigenvalue weighted by Crippen LogP contribution is 2.47. The Morgan fingerprint density at radius 2 is 1.10 bits per heavy atom. The van der Waals surface area contributed by atoms with Gasteiger partial charge in [-0.2, -0.15) is 0 Å². The van der Waals surface area contributed by atoms with Crippen molar-refractivity contribution in [2.45, 2.75) is 0 Å². The fourth-order valence-electron chi connectivity index (χ4n) is 9.00. The molecule has 49 heavy (non-hydrogen) atoms. The number of hydrogen-bond donors (Lipinski definition) is 1. The molecule has 0 fully saturated rings. The van der Waals surface area contributed by atoms with Gasteiger partial charge >= 0.3 is 0 Å². The van der Waals surface area contributed by atoms with E-state index in [1.165, 1.54) is 87.1 Å². The van der Waals surface area contributed by atoms with Gasteiger partial charge in [0.15, 0.2) is 0 Å². The van der Waals surface area contributed by atoms with E-state index in [-0.39, 0.29) is 0 Å². The van der Waals surface area contributed by atoms with Crippen LogP contribution in [-0.2, 0) is 0 Å². The minimum Gasteiger partial charge on any atom is -0.367 e. The third kappa shape index (κ3) is 3.14. The van der Waals surface area contributed by atoms with Gasteiger partial charge in [-0.25, -0.2) is 0 Å². The number of hydrogen-bond acceptors (Lipinski definition) is 1. The summed E-state index contributed by atoms with van der Waals surface area (Å²) >= 11 is 0. The van der Waals surface area contributed by atoms with Crippen molar-refractivity contribution in [3.8, 4) is 11.4 Å². The van der Waals surface area contributed by atoms with Crippen LogP contribution in [0.25, 0.3) is 99.0 Å². The normalized spacial score (nSPS) is 13.3. The van der Waals surface area contributed by atoms with Crippen molar-refractivity contribution >= 4 is 93.5 Å². The molecule has 4 nitrogen and oxygen atoms in total. The molecule has 1 N–H and O–H groups in total. The maximum Gasteiger partial charge on any atom is 0.119 e. The zero-order chi connectivity index (χ0) is 31.8. The number of fused-ring (bicyclic) bond motifs is 15. The second-order valence-electron chi connectivity index (χ2n) is 13.3. The first-order valence-corrected chi connectivity index (χ1v) is 17.0. The molecular weight excluding hydrogens is 597 g/mol. The Hall–Kier alpha value is -6.52. The number of anilines is 1. The topological polar surface area (TPSA) is 26.3 Å². The second kappa shape index (κ2) is 9.09. The number of rotatable bonds is 2. The lowest BCUT2D eigenvalue weighted by molar-refractivity contribution is 1.09. The Kier molecular flexibility index (Phi) is 4.74. The van der Waals surface area contributed by atoms with Crippen LogP contribution in [0.4, 0.5) is 5.82 Å². The van der Waals surface area contributed by atoms with Gasteiger partial charge in [0.2, 0.25) is 0 Å². The van der Waals surface area contributed by atoms with E-state index in [2.05, 4.69) is 171 Å². The fourth-order valence-corrected chi connectivity index (χ4v) is 9.00. The molecular formula is C45H28N4. The monoisotopic (exact) mass is 624 g/mol. The van der Waals surface area contributed by atoms with Crippen LogP contribution >= 0.6 is 0 Å². The molecule has 0 bridgehead atoms. The minimum absolute atomic E-state index is 0.826. The van der Waals surface area contributed by atoms with Crippen molar-refractivity contribution < 1.29 is 0 Å². The highest BCUT2D eigenvalue weighted by atomic mass is 15.1.